The van der Waals surface area contributed by atoms with E-state index < -0.39 is 17.5 Å². The highest BCUT2D eigenvalue weighted by atomic mass is 16.5. The number of hydrogen-bond donors (Lipinski definition) is 2. The van der Waals surface area contributed by atoms with Gasteiger partial charge in [-0.2, -0.15) is 0 Å². The summed E-state index contributed by atoms with van der Waals surface area (Å²) in [4.78, 5) is 36.2. The number of benzene rings is 1. The normalized spacial score (nSPS) is 17.8. The van der Waals surface area contributed by atoms with Gasteiger partial charge in [0.2, 0.25) is 0 Å². The number of nitrogens with one attached hydrogen (secondary N) is 1. The number of carbonyl (C=O) groups is 2. The van der Waals surface area contributed by atoms with E-state index in [4.69, 9.17) is 14.3 Å². The molecule has 0 aliphatic carbocycles. The third-order valence-electron chi connectivity index (χ3n) is 4.42. The smallest absolute Gasteiger partial charge is 0.394 e. The van der Waals surface area contributed by atoms with Crippen LogP contribution < -0.4 is 15.7 Å². The lowest BCUT2D eigenvalue weighted by molar-refractivity contribution is -0.147. The van der Waals surface area contributed by atoms with E-state index in [0.717, 1.165) is 25.9 Å². The molecule has 8 nitrogen and oxygen atoms in total. The Labute approximate surface area is 149 Å². The molecule has 1 atom stereocenters. The molecule has 1 unspecified atom stereocenters. The minimum atomic E-state index is -1.68. The Hall–Kier alpha value is -2.87. The summed E-state index contributed by atoms with van der Waals surface area (Å²) in [5, 5.41) is 11.2. The zero-order valence-corrected chi connectivity index (χ0v) is 14.6. The molecule has 1 fully saturated rings. The Morgan fingerprint density at radius 2 is 2.15 bits per heavy atom. The molecule has 3 rings (SSSR count). The first-order chi connectivity index (χ1) is 12.3. The first-order valence-electron chi connectivity index (χ1n) is 8.32. The van der Waals surface area contributed by atoms with Gasteiger partial charge in [0.1, 0.15) is 23.1 Å². The summed E-state index contributed by atoms with van der Waals surface area (Å²) in [6.45, 7) is 3.68. The minimum Gasteiger partial charge on any atom is -0.489 e. The minimum absolute atomic E-state index is 0.0748. The monoisotopic (exact) mass is 360 g/mol. The van der Waals surface area contributed by atoms with Gasteiger partial charge >= 0.3 is 17.5 Å². The van der Waals surface area contributed by atoms with Crippen LogP contribution in [0.4, 0.5) is 5.69 Å². The van der Waals surface area contributed by atoms with Crippen molar-refractivity contribution < 1.29 is 23.8 Å². The molecule has 2 N–H and O–H groups in total. The second kappa shape index (κ2) is 7.17. The molecule has 1 aliphatic heterocycles. The molecule has 0 spiro atoms. The Kier molecular flexibility index (Phi) is 4.94. The molecule has 0 radical (unpaired) electrons. The van der Waals surface area contributed by atoms with Crippen LogP contribution in [0.3, 0.4) is 0 Å². The van der Waals surface area contributed by atoms with E-state index in [1.54, 1.807) is 19.1 Å². The quantitative estimate of drug-likeness (QED) is 0.632. The van der Waals surface area contributed by atoms with E-state index >= 15 is 0 Å². The molecule has 0 bridgehead atoms. The van der Waals surface area contributed by atoms with E-state index in [1.165, 1.54) is 6.07 Å². The summed E-state index contributed by atoms with van der Waals surface area (Å²) in [6.07, 6.45) is 2.10. The highest BCUT2D eigenvalue weighted by molar-refractivity contribution is 6.36. The van der Waals surface area contributed by atoms with Crippen molar-refractivity contribution in [1.82, 2.24) is 4.90 Å². The summed E-state index contributed by atoms with van der Waals surface area (Å²) in [5.74, 6) is -2.33. The first-order valence-corrected chi connectivity index (χ1v) is 8.32. The van der Waals surface area contributed by atoms with Crippen LogP contribution in [0.2, 0.25) is 0 Å². The second-order valence-electron chi connectivity index (χ2n) is 6.46. The van der Waals surface area contributed by atoms with E-state index in [0.29, 0.717) is 22.3 Å². The van der Waals surface area contributed by atoms with Crippen molar-refractivity contribution in [3.8, 4) is 5.75 Å². The van der Waals surface area contributed by atoms with Crippen LogP contribution in [0.25, 0.3) is 11.0 Å². The fourth-order valence-corrected chi connectivity index (χ4v) is 3.09. The molecule has 26 heavy (non-hydrogen) atoms. The van der Waals surface area contributed by atoms with Crippen molar-refractivity contribution >= 4 is 28.5 Å². The number of anilines is 1. The number of carbonyl (C=O) groups excluding carboxylic acids is 1. The molecule has 1 aromatic heterocycles. The Balaban J connectivity index is 1.90. The van der Waals surface area contributed by atoms with Crippen molar-refractivity contribution in [1.29, 1.82) is 0 Å². The maximum absolute atomic E-state index is 12.1. The van der Waals surface area contributed by atoms with Crippen LogP contribution in [0.15, 0.2) is 27.4 Å². The predicted octanol–water partition coefficient (Wildman–Crippen LogP) is 1.60. The van der Waals surface area contributed by atoms with Gasteiger partial charge in [0.25, 0.3) is 0 Å². The summed E-state index contributed by atoms with van der Waals surface area (Å²) in [5.41, 5.74) is 0.00514. The largest absolute Gasteiger partial charge is 0.489 e. The molecular weight excluding hydrogens is 340 g/mol. The molecular formula is C18H20N2O6. The lowest BCUT2D eigenvalue weighted by Crippen LogP contribution is -2.38. The molecule has 1 amide bonds. The number of piperidine rings is 1. The first kappa shape index (κ1) is 17.9. The summed E-state index contributed by atoms with van der Waals surface area (Å²) in [7, 11) is 2.05. The standard InChI is InChI=1S/C18H20N2O6/c1-10-14(25-12-4-3-7-20(2)9-12)6-5-11-8-13(18(24)26-15(10)11)19-16(21)17(22)23/h5-6,8,12H,3-4,7,9H2,1-2H3,(H,19,21)(H,22,23). The van der Waals surface area contributed by atoms with Crippen molar-refractivity contribution in [3.05, 3.63) is 34.2 Å². The molecule has 0 saturated carbocycles. The number of rotatable bonds is 3. The highest BCUT2D eigenvalue weighted by Gasteiger charge is 2.21. The number of likely N-dealkylation sites (N-methyl/N-ethyl adjacent to an activating group) is 1. The van der Waals surface area contributed by atoms with Crippen molar-refractivity contribution in [3.63, 3.8) is 0 Å². The fourth-order valence-electron chi connectivity index (χ4n) is 3.09. The highest BCUT2D eigenvalue weighted by Crippen LogP contribution is 2.29. The van der Waals surface area contributed by atoms with Crippen LogP contribution in [0.5, 0.6) is 5.75 Å². The molecule has 2 heterocycles. The van der Waals surface area contributed by atoms with Gasteiger partial charge in [-0.05, 0) is 51.6 Å². The third-order valence-corrected chi connectivity index (χ3v) is 4.42. The van der Waals surface area contributed by atoms with Crippen molar-refractivity contribution in [2.24, 2.45) is 0 Å². The van der Waals surface area contributed by atoms with Crippen LogP contribution in [0.1, 0.15) is 18.4 Å². The maximum atomic E-state index is 12.1. The van der Waals surface area contributed by atoms with Gasteiger partial charge in [0, 0.05) is 17.5 Å². The maximum Gasteiger partial charge on any atom is 0.394 e. The lowest BCUT2D eigenvalue weighted by atomic mass is 10.1. The number of hydrogen-bond acceptors (Lipinski definition) is 6. The molecule has 8 heteroatoms. The average Bonchev–Trinajstić information content (AvgIpc) is 2.59. The van der Waals surface area contributed by atoms with Gasteiger partial charge in [0.05, 0.1) is 0 Å². The van der Waals surface area contributed by atoms with E-state index in [9.17, 15) is 14.4 Å². The Bertz CT molecular complexity index is 920. The summed E-state index contributed by atoms with van der Waals surface area (Å²) in [6, 6.07) is 4.89. The van der Waals surface area contributed by atoms with Gasteiger partial charge in [-0.15, -0.1) is 0 Å². The molecule has 1 saturated heterocycles. The number of aryl methyl sites for hydroxylation is 1. The van der Waals surface area contributed by atoms with E-state index in [1.807, 2.05) is 5.32 Å². The number of ether oxygens (including phenoxy) is 1. The molecule has 2 aromatic rings. The zero-order chi connectivity index (χ0) is 18.8. The van der Waals surface area contributed by atoms with Crippen LogP contribution in [-0.2, 0) is 9.59 Å². The van der Waals surface area contributed by atoms with Gasteiger partial charge in [0.15, 0.2) is 0 Å². The Morgan fingerprint density at radius 3 is 2.85 bits per heavy atom. The van der Waals surface area contributed by atoms with Gasteiger partial charge in [-0.25, -0.2) is 9.59 Å². The zero-order valence-electron chi connectivity index (χ0n) is 14.6. The van der Waals surface area contributed by atoms with Crippen molar-refractivity contribution in [2.75, 3.05) is 25.5 Å². The number of nitrogens with zero attached hydrogens (tertiary/aromatic N) is 1. The van der Waals surface area contributed by atoms with Gasteiger partial charge < -0.3 is 24.5 Å². The van der Waals surface area contributed by atoms with Crippen LogP contribution >= 0.6 is 0 Å². The van der Waals surface area contributed by atoms with Crippen LogP contribution in [-0.4, -0.2) is 48.1 Å². The molecule has 138 valence electrons. The summed E-state index contributed by atoms with van der Waals surface area (Å²) < 4.78 is 11.4. The molecule has 1 aromatic carbocycles. The fraction of sp³-hybridized carbons (Fsp3) is 0.389. The van der Waals surface area contributed by atoms with Gasteiger partial charge in [-0.3, -0.25) is 4.79 Å². The Morgan fingerprint density at radius 1 is 1.38 bits per heavy atom. The molecule has 1 aliphatic rings. The van der Waals surface area contributed by atoms with Crippen molar-refractivity contribution in [2.45, 2.75) is 25.9 Å². The average molecular weight is 360 g/mol. The number of carboxylic acids is 1. The predicted molar refractivity (Wildman–Crippen MR) is 94.6 cm³/mol. The number of carboxylic acid groups (broad SMARTS) is 1. The lowest BCUT2D eigenvalue weighted by Gasteiger charge is -2.30. The number of amides is 1. The number of likely N-dealkylation sites (tertiary alicyclic amines) is 1. The third kappa shape index (κ3) is 3.70. The number of fused-ring (bicyclic) bond motifs is 1. The van der Waals surface area contributed by atoms with Crippen LogP contribution in [0, 0.1) is 6.92 Å². The van der Waals surface area contributed by atoms with Gasteiger partial charge in [-0.1, -0.05) is 0 Å². The number of aliphatic carboxylic acids is 1. The topological polar surface area (TPSA) is 109 Å². The summed E-state index contributed by atoms with van der Waals surface area (Å²) >= 11 is 0. The van der Waals surface area contributed by atoms with E-state index in [2.05, 4.69) is 11.9 Å². The second-order valence-corrected chi connectivity index (χ2v) is 6.46. The SMILES string of the molecule is Cc1c(OC2CCCN(C)C2)ccc2cc(NC(=O)C(=O)O)c(=O)oc12. The van der Waals surface area contributed by atoms with E-state index in [-0.39, 0.29) is 11.8 Å².